The topological polar surface area (TPSA) is 12.0 Å². The van der Waals surface area contributed by atoms with Gasteiger partial charge in [-0.15, -0.1) is 0 Å². The lowest BCUT2D eigenvalue weighted by Crippen LogP contribution is -2.23. The van der Waals surface area contributed by atoms with Gasteiger partial charge in [0, 0.05) is 6.04 Å². The molecule has 0 aromatic carbocycles. The Morgan fingerprint density at radius 1 is 0.923 bits per heavy atom. The van der Waals surface area contributed by atoms with Gasteiger partial charge in [-0.05, 0) is 24.8 Å². The number of nitrogens with one attached hydrogen (secondary N) is 1. The van der Waals surface area contributed by atoms with Crippen LogP contribution in [0.3, 0.4) is 0 Å². The van der Waals surface area contributed by atoms with E-state index in [4.69, 9.17) is 0 Å². The zero-order valence-electron chi connectivity index (χ0n) is 10.1. The minimum absolute atomic E-state index is 0.641. The molecule has 1 atom stereocenters. The fraction of sp³-hybridized carbons (Fsp3) is 1.00. The first kappa shape index (κ1) is 13.0. The molecule has 0 saturated carbocycles. The van der Waals surface area contributed by atoms with Crippen LogP contribution in [0.2, 0.25) is 0 Å². The fourth-order valence-electron chi connectivity index (χ4n) is 1.32. The summed E-state index contributed by atoms with van der Waals surface area (Å²) in [5, 5.41) is 3.45. The van der Waals surface area contributed by atoms with E-state index in [0.29, 0.717) is 6.04 Å². The third kappa shape index (κ3) is 8.29. The van der Waals surface area contributed by atoms with Crippen LogP contribution in [-0.4, -0.2) is 12.6 Å². The van der Waals surface area contributed by atoms with Crippen LogP contribution in [0.1, 0.15) is 53.9 Å². The molecule has 0 aromatic heterocycles. The van der Waals surface area contributed by atoms with Gasteiger partial charge in [-0.3, -0.25) is 0 Å². The SMILES string of the molecule is CC(C)NCCCCC(C)C(C)C. The molecule has 0 aliphatic carbocycles. The lowest BCUT2D eigenvalue weighted by atomic mass is 9.93. The molecule has 0 bridgehead atoms. The summed E-state index contributed by atoms with van der Waals surface area (Å²) in [6.45, 7) is 12.6. The van der Waals surface area contributed by atoms with E-state index < -0.39 is 0 Å². The van der Waals surface area contributed by atoms with Crippen molar-refractivity contribution in [2.45, 2.75) is 59.9 Å². The van der Waals surface area contributed by atoms with Gasteiger partial charge in [0.2, 0.25) is 0 Å². The molecule has 0 heterocycles. The monoisotopic (exact) mass is 185 g/mol. The third-order valence-corrected chi connectivity index (χ3v) is 2.78. The quantitative estimate of drug-likeness (QED) is 0.599. The molecule has 0 amide bonds. The van der Waals surface area contributed by atoms with E-state index in [2.05, 4.69) is 39.9 Å². The van der Waals surface area contributed by atoms with Gasteiger partial charge in [0.1, 0.15) is 0 Å². The lowest BCUT2D eigenvalue weighted by Gasteiger charge is -2.15. The first-order chi connectivity index (χ1) is 6.04. The van der Waals surface area contributed by atoms with Crippen molar-refractivity contribution in [1.29, 1.82) is 0 Å². The largest absolute Gasteiger partial charge is 0.315 e. The molecule has 0 fully saturated rings. The highest BCUT2D eigenvalue weighted by Gasteiger charge is 2.05. The molecule has 80 valence electrons. The minimum Gasteiger partial charge on any atom is -0.315 e. The minimum atomic E-state index is 0.641. The molecule has 13 heavy (non-hydrogen) atoms. The van der Waals surface area contributed by atoms with Gasteiger partial charge in [0.15, 0.2) is 0 Å². The summed E-state index contributed by atoms with van der Waals surface area (Å²) in [7, 11) is 0. The van der Waals surface area contributed by atoms with Gasteiger partial charge in [0.25, 0.3) is 0 Å². The highest BCUT2D eigenvalue weighted by molar-refractivity contribution is 4.59. The van der Waals surface area contributed by atoms with E-state index in [1.165, 1.54) is 25.8 Å². The van der Waals surface area contributed by atoms with Gasteiger partial charge >= 0.3 is 0 Å². The van der Waals surface area contributed by atoms with Crippen molar-refractivity contribution in [3.05, 3.63) is 0 Å². The Morgan fingerprint density at radius 3 is 2.00 bits per heavy atom. The number of unbranched alkanes of at least 4 members (excludes halogenated alkanes) is 1. The van der Waals surface area contributed by atoms with Crippen molar-refractivity contribution in [2.24, 2.45) is 11.8 Å². The standard InChI is InChI=1S/C12H27N/c1-10(2)12(5)8-6-7-9-13-11(3)4/h10-13H,6-9H2,1-5H3. The van der Waals surface area contributed by atoms with Gasteiger partial charge in [-0.25, -0.2) is 0 Å². The molecule has 0 saturated heterocycles. The lowest BCUT2D eigenvalue weighted by molar-refractivity contribution is 0.375. The smallest absolute Gasteiger partial charge is 0.00103 e. The third-order valence-electron chi connectivity index (χ3n) is 2.78. The van der Waals surface area contributed by atoms with Crippen molar-refractivity contribution in [3.63, 3.8) is 0 Å². The molecule has 0 aromatic rings. The van der Waals surface area contributed by atoms with Crippen LogP contribution in [0, 0.1) is 11.8 Å². The number of hydrogen-bond acceptors (Lipinski definition) is 1. The highest BCUT2D eigenvalue weighted by Crippen LogP contribution is 2.16. The Kier molecular flexibility index (Phi) is 7.35. The molecular weight excluding hydrogens is 158 g/mol. The molecule has 0 spiro atoms. The second-order valence-corrected chi connectivity index (χ2v) is 4.83. The molecule has 1 unspecified atom stereocenters. The second kappa shape index (κ2) is 7.37. The van der Waals surface area contributed by atoms with Crippen LogP contribution < -0.4 is 5.32 Å². The summed E-state index contributed by atoms with van der Waals surface area (Å²) in [5.41, 5.74) is 0. The van der Waals surface area contributed by atoms with Gasteiger partial charge in [-0.2, -0.15) is 0 Å². The van der Waals surface area contributed by atoms with Gasteiger partial charge < -0.3 is 5.32 Å². The van der Waals surface area contributed by atoms with Crippen LogP contribution >= 0.6 is 0 Å². The summed E-state index contributed by atoms with van der Waals surface area (Å²) in [5.74, 6) is 1.73. The number of hydrogen-bond donors (Lipinski definition) is 1. The molecule has 0 aliphatic heterocycles. The molecule has 0 aliphatic rings. The predicted octanol–water partition coefficient (Wildman–Crippen LogP) is 3.45. The van der Waals surface area contributed by atoms with E-state index >= 15 is 0 Å². The second-order valence-electron chi connectivity index (χ2n) is 4.83. The Morgan fingerprint density at radius 2 is 1.54 bits per heavy atom. The van der Waals surface area contributed by atoms with Crippen LogP contribution in [0.15, 0.2) is 0 Å². The van der Waals surface area contributed by atoms with E-state index in [1.807, 2.05) is 0 Å². The van der Waals surface area contributed by atoms with Crippen LogP contribution in [0.5, 0.6) is 0 Å². The molecule has 1 nitrogen and oxygen atoms in total. The molecule has 0 radical (unpaired) electrons. The molecular formula is C12H27N. The van der Waals surface area contributed by atoms with Crippen molar-refractivity contribution in [1.82, 2.24) is 5.32 Å². The Labute approximate surface area is 84.3 Å². The van der Waals surface area contributed by atoms with Crippen LogP contribution in [0.4, 0.5) is 0 Å². The van der Waals surface area contributed by atoms with Crippen LogP contribution in [0.25, 0.3) is 0 Å². The Balaban J connectivity index is 3.16. The average molecular weight is 185 g/mol. The van der Waals surface area contributed by atoms with Crippen LogP contribution in [-0.2, 0) is 0 Å². The predicted molar refractivity (Wildman–Crippen MR) is 61.0 cm³/mol. The first-order valence-corrected chi connectivity index (χ1v) is 5.77. The first-order valence-electron chi connectivity index (χ1n) is 5.77. The Bertz CT molecular complexity index is 108. The summed E-state index contributed by atoms with van der Waals surface area (Å²) in [6.07, 6.45) is 4.09. The normalized spacial score (nSPS) is 14.1. The van der Waals surface area contributed by atoms with Crippen molar-refractivity contribution in [2.75, 3.05) is 6.54 Å². The average Bonchev–Trinajstić information content (AvgIpc) is 2.02. The van der Waals surface area contributed by atoms with Gasteiger partial charge in [0.05, 0.1) is 0 Å². The number of rotatable bonds is 7. The summed E-state index contributed by atoms with van der Waals surface area (Å²) in [4.78, 5) is 0. The van der Waals surface area contributed by atoms with Crippen molar-refractivity contribution < 1.29 is 0 Å². The maximum absolute atomic E-state index is 3.45. The summed E-state index contributed by atoms with van der Waals surface area (Å²) in [6, 6.07) is 0.641. The van der Waals surface area contributed by atoms with E-state index in [9.17, 15) is 0 Å². The molecule has 1 N–H and O–H groups in total. The van der Waals surface area contributed by atoms with Gasteiger partial charge in [-0.1, -0.05) is 47.5 Å². The maximum atomic E-state index is 3.45. The van der Waals surface area contributed by atoms with Crippen molar-refractivity contribution in [3.8, 4) is 0 Å². The fourth-order valence-corrected chi connectivity index (χ4v) is 1.32. The summed E-state index contributed by atoms with van der Waals surface area (Å²) >= 11 is 0. The van der Waals surface area contributed by atoms with E-state index in [1.54, 1.807) is 0 Å². The Hall–Kier alpha value is -0.0400. The van der Waals surface area contributed by atoms with E-state index in [-0.39, 0.29) is 0 Å². The van der Waals surface area contributed by atoms with E-state index in [0.717, 1.165) is 11.8 Å². The zero-order chi connectivity index (χ0) is 10.3. The van der Waals surface area contributed by atoms with Crippen molar-refractivity contribution >= 4 is 0 Å². The highest BCUT2D eigenvalue weighted by atomic mass is 14.9. The zero-order valence-corrected chi connectivity index (χ0v) is 10.1. The molecule has 0 rings (SSSR count). The maximum Gasteiger partial charge on any atom is 0.00103 e. The molecule has 1 heteroatoms. The summed E-state index contributed by atoms with van der Waals surface area (Å²) < 4.78 is 0.